The van der Waals surface area contributed by atoms with E-state index in [0.29, 0.717) is 11.1 Å². The van der Waals surface area contributed by atoms with Gasteiger partial charge in [0.1, 0.15) is 13.2 Å². The standard InChI is InChI=1S/C18H15NO4/c1-12-6-8-13(9-7-12)11-23-16(20)10-19-17(21)14-4-2-3-5-15(14)18(19)22/h2-9H,10-11H2,1H3. The van der Waals surface area contributed by atoms with Crippen LogP contribution in [0.4, 0.5) is 0 Å². The minimum Gasteiger partial charge on any atom is -0.459 e. The molecule has 1 aliphatic heterocycles. The number of hydrogen-bond acceptors (Lipinski definition) is 4. The van der Waals surface area contributed by atoms with Crippen molar-refractivity contribution in [2.24, 2.45) is 0 Å². The number of nitrogens with zero attached hydrogens (tertiary/aromatic N) is 1. The molecular weight excluding hydrogens is 294 g/mol. The molecule has 2 amide bonds. The summed E-state index contributed by atoms with van der Waals surface area (Å²) in [6.45, 7) is 1.71. The lowest BCUT2D eigenvalue weighted by atomic mass is 10.1. The molecule has 0 radical (unpaired) electrons. The van der Waals surface area contributed by atoms with Gasteiger partial charge in [0, 0.05) is 0 Å². The Hall–Kier alpha value is -2.95. The SMILES string of the molecule is Cc1ccc(COC(=O)CN2C(=O)c3ccccc3C2=O)cc1. The van der Waals surface area contributed by atoms with Crippen LogP contribution in [0.1, 0.15) is 31.8 Å². The fourth-order valence-corrected chi connectivity index (χ4v) is 2.41. The van der Waals surface area contributed by atoms with E-state index in [1.165, 1.54) is 0 Å². The third-order valence-electron chi connectivity index (χ3n) is 3.69. The lowest BCUT2D eigenvalue weighted by Gasteiger charge is -2.13. The molecule has 1 aliphatic rings. The summed E-state index contributed by atoms with van der Waals surface area (Å²) in [7, 11) is 0. The van der Waals surface area contributed by atoms with Crippen LogP contribution < -0.4 is 0 Å². The van der Waals surface area contributed by atoms with E-state index in [9.17, 15) is 14.4 Å². The highest BCUT2D eigenvalue weighted by molar-refractivity contribution is 6.22. The van der Waals surface area contributed by atoms with Crippen molar-refractivity contribution < 1.29 is 19.1 Å². The Bertz CT molecular complexity index is 745. The van der Waals surface area contributed by atoms with Crippen molar-refractivity contribution in [1.82, 2.24) is 4.90 Å². The first-order chi connectivity index (χ1) is 11.1. The molecule has 1 heterocycles. The maximum absolute atomic E-state index is 12.2. The second kappa shape index (κ2) is 6.04. The lowest BCUT2D eigenvalue weighted by Crippen LogP contribution is -2.35. The molecule has 0 saturated carbocycles. The van der Waals surface area contributed by atoms with E-state index in [4.69, 9.17) is 4.74 Å². The maximum Gasteiger partial charge on any atom is 0.326 e. The molecule has 0 atom stereocenters. The number of fused-ring (bicyclic) bond motifs is 1. The van der Waals surface area contributed by atoms with Crippen LogP contribution in [-0.4, -0.2) is 29.2 Å². The predicted molar refractivity (Wildman–Crippen MR) is 82.8 cm³/mol. The molecule has 5 heteroatoms. The summed E-state index contributed by atoms with van der Waals surface area (Å²) >= 11 is 0. The molecule has 0 spiro atoms. The maximum atomic E-state index is 12.2. The second-order valence-electron chi connectivity index (χ2n) is 5.39. The van der Waals surface area contributed by atoms with E-state index in [1.54, 1.807) is 24.3 Å². The van der Waals surface area contributed by atoms with Gasteiger partial charge in [-0.25, -0.2) is 0 Å². The molecule has 2 aromatic rings. The molecule has 0 aromatic heterocycles. The molecule has 0 saturated heterocycles. The molecule has 23 heavy (non-hydrogen) atoms. The van der Waals surface area contributed by atoms with Crippen molar-refractivity contribution in [3.63, 3.8) is 0 Å². The molecule has 2 aromatic carbocycles. The van der Waals surface area contributed by atoms with E-state index in [1.807, 2.05) is 31.2 Å². The van der Waals surface area contributed by atoms with Crippen molar-refractivity contribution in [1.29, 1.82) is 0 Å². The Kier molecular flexibility index (Phi) is 3.93. The van der Waals surface area contributed by atoms with Crippen LogP contribution in [0.15, 0.2) is 48.5 Å². The number of aryl methyl sites for hydroxylation is 1. The third-order valence-corrected chi connectivity index (χ3v) is 3.69. The summed E-state index contributed by atoms with van der Waals surface area (Å²) in [6, 6.07) is 14.1. The molecule has 0 fully saturated rings. The number of ether oxygens (including phenoxy) is 1. The van der Waals surface area contributed by atoms with Gasteiger partial charge in [0.2, 0.25) is 0 Å². The van der Waals surface area contributed by atoms with Crippen LogP contribution in [0.25, 0.3) is 0 Å². The summed E-state index contributed by atoms with van der Waals surface area (Å²) in [5.41, 5.74) is 2.62. The van der Waals surface area contributed by atoms with Crippen molar-refractivity contribution in [2.75, 3.05) is 6.54 Å². The van der Waals surface area contributed by atoms with Gasteiger partial charge in [-0.15, -0.1) is 0 Å². The van der Waals surface area contributed by atoms with Crippen LogP contribution in [0.5, 0.6) is 0 Å². The van der Waals surface area contributed by atoms with Gasteiger partial charge in [0.15, 0.2) is 0 Å². The summed E-state index contributed by atoms with van der Waals surface area (Å²) in [6.07, 6.45) is 0. The van der Waals surface area contributed by atoms with Gasteiger partial charge in [0.25, 0.3) is 11.8 Å². The number of amides is 2. The fraction of sp³-hybridized carbons (Fsp3) is 0.167. The quantitative estimate of drug-likeness (QED) is 0.642. The van der Waals surface area contributed by atoms with Gasteiger partial charge in [0.05, 0.1) is 11.1 Å². The van der Waals surface area contributed by atoms with Crippen LogP contribution in [0, 0.1) is 6.92 Å². The average molecular weight is 309 g/mol. The highest BCUT2D eigenvalue weighted by Crippen LogP contribution is 2.22. The summed E-state index contributed by atoms with van der Waals surface area (Å²) in [4.78, 5) is 37.1. The van der Waals surface area contributed by atoms with Crippen LogP contribution in [-0.2, 0) is 16.1 Å². The van der Waals surface area contributed by atoms with Crippen molar-refractivity contribution in [3.8, 4) is 0 Å². The van der Waals surface area contributed by atoms with Gasteiger partial charge >= 0.3 is 5.97 Å². The van der Waals surface area contributed by atoms with Crippen LogP contribution in [0.3, 0.4) is 0 Å². The number of imide groups is 1. The van der Waals surface area contributed by atoms with E-state index in [-0.39, 0.29) is 13.2 Å². The van der Waals surface area contributed by atoms with Gasteiger partial charge in [-0.1, -0.05) is 42.0 Å². The Morgan fingerprint density at radius 3 is 2.09 bits per heavy atom. The van der Waals surface area contributed by atoms with Gasteiger partial charge < -0.3 is 4.74 Å². The van der Waals surface area contributed by atoms with Gasteiger partial charge in [-0.05, 0) is 24.6 Å². The average Bonchev–Trinajstić information content (AvgIpc) is 2.80. The van der Waals surface area contributed by atoms with Gasteiger partial charge in [-0.2, -0.15) is 0 Å². The Balaban J connectivity index is 1.62. The number of rotatable bonds is 4. The van der Waals surface area contributed by atoms with Crippen molar-refractivity contribution in [3.05, 3.63) is 70.8 Å². The Labute approximate surface area is 133 Å². The van der Waals surface area contributed by atoms with E-state index < -0.39 is 17.8 Å². The van der Waals surface area contributed by atoms with E-state index in [2.05, 4.69) is 0 Å². The Morgan fingerprint density at radius 2 is 1.52 bits per heavy atom. The first-order valence-electron chi connectivity index (χ1n) is 7.22. The zero-order valence-electron chi connectivity index (χ0n) is 12.6. The number of benzene rings is 2. The van der Waals surface area contributed by atoms with Crippen molar-refractivity contribution >= 4 is 17.8 Å². The molecule has 0 N–H and O–H groups in total. The number of carbonyl (C=O) groups excluding carboxylic acids is 3. The summed E-state index contributed by atoms with van der Waals surface area (Å²) in [5.74, 6) is -1.53. The van der Waals surface area contributed by atoms with E-state index >= 15 is 0 Å². The number of carbonyl (C=O) groups is 3. The number of esters is 1. The molecule has 116 valence electrons. The first-order valence-corrected chi connectivity index (χ1v) is 7.22. The zero-order valence-corrected chi connectivity index (χ0v) is 12.6. The molecule has 3 rings (SSSR count). The second-order valence-corrected chi connectivity index (χ2v) is 5.39. The monoisotopic (exact) mass is 309 g/mol. The van der Waals surface area contributed by atoms with Crippen LogP contribution in [0.2, 0.25) is 0 Å². The predicted octanol–water partition coefficient (Wildman–Crippen LogP) is 2.33. The summed E-state index contributed by atoms with van der Waals surface area (Å²) in [5, 5.41) is 0. The fourth-order valence-electron chi connectivity index (χ4n) is 2.41. The normalized spacial score (nSPS) is 13.2. The summed E-state index contributed by atoms with van der Waals surface area (Å²) < 4.78 is 5.14. The highest BCUT2D eigenvalue weighted by atomic mass is 16.5. The minimum atomic E-state index is -0.611. The highest BCUT2D eigenvalue weighted by Gasteiger charge is 2.36. The third kappa shape index (κ3) is 2.99. The molecular formula is C18H15NO4. The number of hydrogen-bond donors (Lipinski definition) is 0. The molecule has 0 aliphatic carbocycles. The van der Waals surface area contributed by atoms with E-state index in [0.717, 1.165) is 16.0 Å². The van der Waals surface area contributed by atoms with Gasteiger partial charge in [-0.3, -0.25) is 19.3 Å². The van der Waals surface area contributed by atoms with Crippen molar-refractivity contribution in [2.45, 2.75) is 13.5 Å². The van der Waals surface area contributed by atoms with Crippen LogP contribution >= 0.6 is 0 Å². The molecule has 0 bridgehead atoms. The topological polar surface area (TPSA) is 63.7 Å². The zero-order chi connectivity index (χ0) is 16.4. The molecule has 5 nitrogen and oxygen atoms in total. The first kappa shape index (κ1) is 15.0. The molecule has 0 unspecified atom stereocenters. The largest absolute Gasteiger partial charge is 0.459 e. The Morgan fingerprint density at radius 1 is 0.957 bits per heavy atom. The minimum absolute atomic E-state index is 0.113. The lowest BCUT2D eigenvalue weighted by molar-refractivity contribution is -0.145. The smallest absolute Gasteiger partial charge is 0.326 e.